The van der Waals surface area contributed by atoms with E-state index in [4.69, 9.17) is 0 Å². The first-order chi connectivity index (χ1) is 8.29. The molecule has 1 unspecified atom stereocenters. The predicted octanol–water partition coefficient (Wildman–Crippen LogP) is 3.55. The fourth-order valence-electron chi connectivity index (χ4n) is 2.75. The highest BCUT2D eigenvalue weighted by Gasteiger charge is 2.50. The van der Waals surface area contributed by atoms with Crippen molar-refractivity contribution in [3.05, 3.63) is 16.6 Å². The molecule has 0 spiro atoms. The summed E-state index contributed by atoms with van der Waals surface area (Å²) in [5, 5.41) is 0. The lowest BCUT2D eigenvalue weighted by Gasteiger charge is -2.44. The molecule has 102 valence electrons. The lowest BCUT2D eigenvalue weighted by molar-refractivity contribution is -0.217. The lowest BCUT2D eigenvalue weighted by atomic mass is 9.73. The molecule has 1 saturated heterocycles. The third-order valence-electron chi connectivity index (χ3n) is 3.57. The maximum Gasteiger partial charge on any atom is 0.392 e. The van der Waals surface area contributed by atoms with Crippen LogP contribution in [0.3, 0.4) is 0 Å². The minimum atomic E-state index is -4.08. The number of alkyl halides is 3. The van der Waals surface area contributed by atoms with Gasteiger partial charge in [0.15, 0.2) is 0 Å². The van der Waals surface area contributed by atoms with Gasteiger partial charge in [-0.15, -0.1) is 11.3 Å². The Labute approximate surface area is 109 Å². The monoisotopic (exact) mass is 278 g/mol. The third kappa shape index (κ3) is 3.03. The zero-order chi connectivity index (χ0) is 13.4. The van der Waals surface area contributed by atoms with Crippen LogP contribution >= 0.6 is 11.3 Å². The number of hydrogen-bond acceptors (Lipinski definition) is 3. The minimum Gasteiger partial charge on any atom is -0.298 e. The second-order valence-corrected chi connectivity index (χ2v) is 6.52. The molecular weight excluding hydrogens is 261 g/mol. The second-order valence-electron chi connectivity index (χ2n) is 5.55. The van der Waals surface area contributed by atoms with Gasteiger partial charge < -0.3 is 0 Å². The summed E-state index contributed by atoms with van der Waals surface area (Å²) in [4.78, 5) is 7.19. The van der Waals surface area contributed by atoms with Crippen LogP contribution in [0, 0.1) is 11.3 Å². The highest BCUT2D eigenvalue weighted by atomic mass is 32.1. The zero-order valence-electron chi connectivity index (χ0n) is 10.5. The molecule has 0 radical (unpaired) electrons. The summed E-state index contributed by atoms with van der Waals surface area (Å²) >= 11 is 1.55. The van der Waals surface area contributed by atoms with Crippen LogP contribution in [0.2, 0.25) is 0 Å². The molecule has 0 amide bonds. The van der Waals surface area contributed by atoms with E-state index >= 15 is 0 Å². The first kappa shape index (κ1) is 13.8. The molecule has 1 aromatic heterocycles. The number of aromatic nitrogens is 1. The average molecular weight is 278 g/mol. The van der Waals surface area contributed by atoms with Gasteiger partial charge in [0, 0.05) is 24.2 Å². The largest absolute Gasteiger partial charge is 0.392 e. The second kappa shape index (κ2) is 4.81. The Balaban J connectivity index is 2.01. The summed E-state index contributed by atoms with van der Waals surface area (Å²) in [6, 6.07) is 0. The standard InChI is InChI=1S/C12H17F3N2S/c1-11(2)7-17(6-9-5-16-8-18-9)4-3-10(11)12(13,14)15/h5,8,10H,3-4,6-7H2,1-2H3. The van der Waals surface area contributed by atoms with Gasteiger partial charge in [-0.2, -0.15) is 13.2 Å². The molecule has 0 saturated carbocycles. The Morgan fingerprint density at radius 2 is 2.22 bits per heavy atom. The maximum absolute atomic E-state index is 12.9. The fraction of sp³-hybridized carbons (Fsp3) is 0.750. The first-order valence-electron chi connectivity index (χ1n) is 5.95. The molecule has 1 aliphatic heterocycles. The van der Waals surface area contributed by atoms with E-state index < -0.39 is 17.5 Å². The molecule has 0 aliphatic carbocycles. The van der Waals surface area contributed by atoms with Crippen molar-refractivity contribution in [1.82, 2.24) is 9.88 Å². The van der Waals surface area contributed by atoms with E-state index in [2.05, 4.69) is 9.88 Å². The van der Waals surface area contributed by atoms with Gasteiger partial charge in [-0.3, -0.25) is 9.88 Å². The quantitative estimate of drug-likeness (QED) is 0.822. The van der Waals surface area contributed by atoms with E-state index in [9.17, 15) is 13.2 Å². The van der Waals surface area contributed by atoms with Gasteiger partial charge in [0.1, 0.15) is 0 Å². The molecule has 2 nitrogen and oxygen atoms in total. The minimum absolute atomic E-state index is 0.190. The number of rotatable bonds is 2. The molecule has 18 heavy (non-hydrogen) atoms. The molecule has 1 fully saturated rings. The van der Waals surface area contributed by atoms with Crippen molar-refractivity contribution in [1.29, 1.82) is 0 Å². The highest BCUT2D eigenvalue weighted by molar-refractivity contribution is 7.09. The van der Waals surface area contributed by atoms with Gasteiger partial charge >= 0.3 is 6.18 Å². The Morgan fingerprint density at radius 1 is 1.50 bits per heavy atom. The summed E-state index contributed by atoms with van der Waals surface area (Å²) in [7, 11) is 0. The molecule has 1 aliphatic rings. The van der Waals surface area contributed by atoms with Crippen molar-refractivity contribution in [2.75, 3.05) is 13.1 Å². The number of thiazole rings is 1. The van der Waals surface area contributed by atoms with Gasteiger partial charge in [-0.25, -0.2) is 0 Å². The molecular formula is C12H17F3N2S. The van der Waals surface area contributed by atoms with E-state index in [1.54, 1.807) is 36.9 Å². The van der Waals surface area contributed by atoms with Crippen molar-refractivity contribution in [2.45, 2.75) is 33.0 Å². The zero-order valence-corrected chi connectivity index (χ0v) is 11.3. The third-order valence-corrected chi connectivity index (χ3v) is 4.33. The molecule has 1 aromatic rings. The number of hydrogen-bond donors (Lipinski definition) is 0. The number of nitrogens with zero attached hydrogens (tertiary/aromatic N) is 2. The van der Waals surface area contributed by atoms with Crippen LogP contribution in [-0.4, -0.2) is 29.1 Å². The summed E-state index contributed by atoms with van der Waals surface area (Å²) in [5.74, 6) is -1.19. The van der Waals surface area contributed by atoms with Crippen LogP contribution in [0.5, 0.6) is 0 Å². The first-order valence-corrected chi connectivity index (χ1v) is 6.83. The summed E-state index contributed by atoms with van der Waals surface area (Å²) in [6.45, 7) is 5.12. The summed E-state index contributed by atoms with van der Waals surface area (Å²) < 4.78 is 38.7. The number of piperidine rings is 1. The van der Waals surface area contributed by atoms with Crippen LogP contribution in [0.25, 0.3) is 0 Å². The molecule has 2 heterocycles. The van der Waals surface area contributed by atoms with Gasteiger partial charge in [-0.05, 0) is 18.4 Å². The van der Waals surface area contributed by atoms with E-state index in [1.807, 2.05) is 0 Å². The lowest BCUT2D eigenvalue weighted by Crippen LogP contribution is -2.50. The Bertz CT molecular complexity index is 387. The van der Waals surface area contributed by atoms with Gasteiger partial charge in [-0.1, -0.05) is 13.8 Å². The number of likely N-dealkylation sites (tertiary alicyclic amines) is 1. The molecule has 1 atom stereocenters. The maximum atomic E-state index is 12.9. The highest BCUT2D eigenvalue weighted by Crippen LogP contribution is 2.45. The fourth-order valence-corrected chi connectivity index (χ4v) is 3.39. The van der Waals surface area contributed by atoms with Crippen LogP contribution in [-0.2, 0) is 6.54 Å². The Morgan fingerprint density at radius 3 is 2.72 bits per heavy atom. The van der Waals surface area contributed by atoms with E-state index in [0.717, 1.165) is 4.88 Å². The SMILES string of the molecule is CC1(C)CN(Cc2cncs2)CCC1C(F)(F)F. The van der Waals surface area contributed by atoms with Crippen LogP contribution < -0.4 is 0 Å². The van der Waals surface area contributed by atoms with Crippen molar-refractivity contribution >= 4 is 11.3 Å². The molecule has 0 N–H and O–H groups in total. The van der Waals surface area contributed by atoms with Crippen LogP contribution in [0.15, 0.2) is 11.7 Å². The molecule has 6 heteroatoms. The Kier molecular flexibility index (Phi) is 3.69. The van der Waals surface area contributed by atoms with Crippen LogP contribution in [0.1, 0.15) is 25.1 Å². The van der Waals surface area contributed by atoms with Crippen molar-refractivity contribution < 1.29 is 13.2 Å². The smallest absolute Gasteiger partial charge is 0.298 e. The summed E-state index contributed by atoms with van der Waals surface area (Å²) in [6.07, 6.45) is -2.11. The van der Waals surface area contributed by atoms with Crippen molar-refractivity contribution in [2.24, 2.45) is 11.3 Å². The average Bonchev–Trinajstić information content (AvgIpc) is 2.66. The van der Waals surface area contributed by atoms with Crippen LogP contribution in [0.4, 0.5) is 13.2 Å². The molecule has 0 aromatic carbocycles. The summed E-state index contributed by atoms with van der Waals surface area (Å²) in [5.41, 5.74) is 1.03. The van der Waals surface area contributed by atoms with E-state index in [-0.39, 0.29) is 6.42 Å². The van der Waals surface area contributed by atoms with E-state index in [0.29, 0.717) is 19.6 Å². The molecule has 0 bridgehead atoms. The topological polar surface area (TPSA) is 16.1 Å². The Hall–Kier alpha value is -0.620. The van der Waals surface area contributed by atoms with Crippen molar-refractivity contribution in [3.8, 4) is 0 Å². The predicted molar refractivity (Wildman–Crippen MR) is 65.3 cm³/mol. The van der Waals surface area contributed by atoms with Gasteiger partial charge in [0.25, 0.3) is 0 Å². The van der Waals surface area contributed by atoms with E-state index in [1.165, 1.54) is 0 Å². The normalized spacial score (nSPS) is 25.3. The van der Waals surface area contributed by atoms with Gasteiger partial charge in [0.05, 0.1) is 11.4 Å². The van der Waals surface area contributed by atoms with Crippen molar-refractivity contribution in [3.63, 3.8) is 0 Å². The number of halogens is 3. The van der Waals surface area contributed by atoms with Gasteiger partial charge in [0.2, 0.25) is 0 Å². The molecule has 2 rings (SSSR count).